The summed E-state index contributed by atoms with van der Waals surface area (Å²) < 4.78 is 3.57. The lowest BCUT2D eigenvalue weighted by Gasteiger charge is -2.07. The van der Waals surface area contributed by atoms with E-state index in [4.69, 9.17) is 0 Å². The predicted molar refractivity (Wildman–Crippen MR) is 88.3 cm³/mol. The first kappa shape index (κ1) is 18.0. The number of nitrogens with one attached hydrogen (secondary N) is 3. The minimum atomic E-state index is -0.979. The maximum atomic E-state index is 11.6. The zero-order valence-electron chi connectivity index (χ0n) is 13.5. The van der Waals surface area contributed by atoms with Gasteiger partial charge >= 0.3 is 12.1 Å². The second-order valence-corrected chi connectivity index (χ2v) is 5.22. The first-order valence-corrected chi connectivity index (χ1v) is 7.69. The van der Waals surface area contributed by atoms with Crippen molar-refractivity contribution in [1.29, 1.82) is 0 Å². The highest BCUT2D eigenvalue weighted by Crippen LogP contribution is 1.94. The third kappa shape index (κ3) is 6.73. The smallest absolute Gasteiger partial charge is 0.329 e. The van der Waals surface area contributed by atoms with Crippen LogP contribution in [0.5, 0.6) is 0 Å². The van der Waals surface area contributed by atoms with E-state index in [0.717, 1.165) is 0 Å². The number of hydrogen-bond acceptors (Lipinski definition) is 4. The summed E-state index contributed by atoms with van der Waals surface area (Å²) in [4.78, 5) is 46.2. The van der Waals surface area contributed by atoms with Crippen LogP contribution in [0.15, 0.2) is 49.1 Å². The summed E-state index contributed by atoms with van der Waals surface area (Å²) in [6, 6.07) is 5.33. The average Bonchev–Trinajstić information content (AvgIpc) is 3.24. The molecule has 2 heterocycles. The molecule has 0 aromatic carbocycles. The summed E-state index contributed by atoms with van der Waals surface area (Å²) in [6.45, 7) is 0.826. The molecule has 2 aromatic heterocycles. The minimum absolute atomic E-state index is 0.0829. The van der Waals surface area contributed by atoms with Crippen molar-refractivity contribution in [3.05, 3.63) is 49.1 Å². The quantitative estimate of drug-likeness (QED) is 0.719. The lowest BCUT2D eigenvalue weighted by molar-refractivity contribution is -0.120. The molecule has 6 amide bonds. The third-order valence-corrected chi connectivity index (χ3v) is 3.26. The number of rotatable bonds is 6. The van der Waals surface area contributed by atoms with Gasteiger partial charge in [-0.2, -0.15) is 0 Å². The molecule has 0 spiro atoms. The highest BCUT2D eigenvalue weighted by Gasteiger charge is 2.13. The van der Waals surface area contributed by atoms with Crippen LogP contribution < -0.4 is 16.0 Å². The van der Waals surface area contributed by atoms with Crippen LogP contribution in [0.2, 0.25) is 0 Å². The molecular formula is C16H19N5O4. The summed E-state index contributed by atoms with van der Waals surface area (Å²) in [6.07, 6.45) is 7.33. The second kappa shape index (κ2) is 9.06. The van der Waals surface area contributed by atoms with Crippen molar-refractivity contribution in [2.75, 3.05) is 0 Å². The molecule has 2 rings (SSSR count). The molecule has 0 saturated carbocycles. The highest BCUT2D eigenvalue weighted by molar-refractivity contribution is 6.05. The molecule has 0 aliphatic rings. The van der Waals surface area contributed by atoms with Crippen LogP contribution in [0.25, 0.3) is 0 Å². The first-order valence-electron chi connectivity index (χ1n) is 7.69. The summed E-state index contributed by atoms with van der Waals surface area (Å²) in [5.74, 6) is -1.06. The van der Waals surface area contributed by atoms with E-state index < -0.39 is 23.9 Å². The van der Waals surface area contributed by atoms with Crippen LogP contribution in [0.3, 0.4) is 0 Å². The molecular weight excluding hydrogens is 326 g/mol. The number of imide groups is 3. The fourth-order valence-corrected chi connectivity index (χ4v) is 2.04. The van der Waals surface area contributed by atoms with E-state index >= 15 is 0 Å². The van der Waals surface area contributed by atoms with Crippen molar-refractivity contribution in [3.8, 4) is 0 Å². The molecule has 9 nitrogen and oxygen atoms in total. The lowest BCUT2D eigenvalue weighted by Crippen LogP contribution is -2.48. The molecule has 0 bridgehead atoms. The van der Waals surface area contributed by atoms with E-state index in [9.17, 15) is 19.2 Å². The van der Waals surface area contributed by atoms with E-state index in [0.29, 0.717) is 13.1 Å². The van der Waals surface area contributed by atoms with Gasteiger partial charge in [-0.1, -0.05) is 0 Å². The van der Waals surface area contributed by atoms with E-state index in [1.165, 1.54) is 0 Å². The van der Waals surface area contributed by atoms with Gasteiger partial charge in [-0.25, -0.2) is 9.59 Å². The largest absolute Gasteiger partial charge is 0.354 e. The van der Waals surface area contributed by atoms with Gasteiger partial charge in [0.15, 0.2) is 0 Å². The van der Waals surface area contributed by atoms with Gasteiger partial charge in [0.25, 0.3) is 0 Å². The summed E-state index contributed by atoms with van der Waals surface area (Å²) in [7, 11) is 0. The van der Waals surface area contributed by atoms with Crippen molar-refractivity contribution in [3.63, 3.8) is 0 Å². The van der Waals surface area contributed by atoms with Gasteiger partial charge in [-0.05, 0) is 24.3 Å². The minimum Gasteiger partial charge on any atom is -0.354 e. The van der Waals surface area contributed by atoms with Gasteiger partial charge in [0.05, 0.1) is 0 Å². The maximum absolute atomic E-state index is 11.6. The number of carbonyl (C=O) groups excluding carboxylic acids is 4. The maximum Gasteiger partial charge on any atom is 0.329 e. The molecule has 0 atom stereocenters. The van der Waals surface area contributed by atoms with E-state index in [1.54, 1.807) is 33.9 Å². The molecule has 3 N–H and O–H groups in total. The van der Waals surface area contributed by atoms with Crippen LogP contribution in [-0.4, -0.2) is 33.0 Å². The van der Waals surface area contributed by atoms with E-state index in [2.05, 4.69) is 0 Å². The zero-order valence-corrected chi connectivity index (χ0v) is 13.5. The van der Waals surface area contributed by atoms with Gasteiger partial charge in [0.1, 0.15) is 0 Å². The van der Waals surface area contributed by atoms with Crippen molar-refractivity contribution < 1.29 is 19.2 Å². The van der Waals surface area contributed by atoms with Gasteiger partial charge in [0.2, 0.25) is 11.8 Å². The van der Waals surface area contributed by atoms with Crippen LogP contribution in [0.1, 0.15) is 12.8 Å². The van der Waals surface area contributed by atoms with Gasteiger partial charge in [-0.15, -0.1) is 0 Å². The number of aromatic nitrogens is 2. The van der Waals surface area contributed by atoms with Gasteiger partial charge in [0, 0.05) is 50.7 Å². The number of carbonyl (C=O) groups is 4. The van der Waals surface area contributed by atoms with Crippen molar-refractivity contribution in [1.82, 2.24) is 25.1 Å². The molecule has 0 aliphatic carbocycles. The lowest BCUT2D eigenvalue weighted by atomic mass is 10.4. The number of urea groups is 2. The summed E-state index contributed by atoms with van der Waals surface area (Å²) in [5, 5.41) is 5.92. The Hall–Kier alpha value is -3.36. The monoisotopic (exact) mass is 345 g/mol. The van der Waals surface area contributed by atoms with Crippen LogP contribution in [-0.2, 0) is 22.7 Å². The zero-order chi connectivity index (χ0) is 18.1. The first-order chi connectivity index (χ1) is 12.0. The molecule has 9 heteroatoms. The van der Waals surface area contributed by atoms with Crippen molar-refractivity contribution in [2.24, 2.45) is 0 Å². The molecule has 25 heavy (non-hydrogen) atoms. The van der Waals surface area contributed by atoms with Crippen molar-refractivity contribution >= 4 is 23.9 Å². The topological polar surface area (TPSA) is 114 Å². The number of aryl methyl sites for hydroxylation is 2. The third-order valence-electron chi connectivity index (χ3n) is 3.26. The number of amides is 6. The molecule has 0 unspecified atom stereocenters. The Kier molecular flexibility index (Phi) is 6.52. The molecule has 0 saturated heterocycles. The Morgan fingerprint density at radius 1 is 0.600 bits per heavy atom. The molecule has 0 aliphatic heterocycles. The average molecular weight is 345 g/mol. The van der Waals surface area contributed by atoms with E-state index in [-0.39, 0.29) is 12.8 Å². The van der Waals surface area contributed by atoms with Crippen LogP contribution in [0, 0.1) is 0 Å². The van der Waals surface area contributed by atoms with E-state index in [1.807, 2.05) is 40.2 Å². The Balaban J connectivity index is 1.62. The number of hydrogen-bond donors (Lipinski definition) is 3. The standard InChI is InChI=1S/C16H19N5O4/c22-13(5-11-20-7-1-2-8-20)17-15(24)19-16(25)18-14(23)6-12-21-9-3-4-10-21/h1-4,7-10H,5-6,11-12H2,(H3,17,18,19,22,23,24,25). The Morgan fingerprint density at radius 2 is 0.960 bits per heavy atom. The highest BCUT2D eigenvalue weighted by atomic mass is 16.2. The van der Waals surface area contributed by atoms with Gasteiger partial charge < -0.3 is 9.13 Å². The van der Waals surface area contributed by atoms with Gasteiger partial charge in [-0.3, -0.25) is 25.5 Å². The predicted octanol–water partition coefficient (Wildman–Crippen LogP) is 0.832. The Bertz CT molecular complexity index is 660. The van der Waals surface area contributed by atoms with Crippen LogP contribution >= 0.6 is 0 Å². The molecule has 2 aromatic rings. The summed E-state index contributed by atoms with van der Waals surface area (Å²) in [5.41, 5.74) is 0. The summed E-state index contributed by atoms with van der Waals surface area (Å²) >= 11 is 0. The molecule has 0 fully saturated rings. The fourth-order valence-electron chi connectivity index (χ4n) is 2.04. The Morgan fingerprint density at radius 3 is 1.32 bits per heavy atom. The molecule has 0 radical (unpaired) electrons. The van der Waals surface area contributed by atoms with Crippen LogP contribution in [0.4, 0.5) is 9.59 Å². The normalized spacial score (nSPS) is 10.1. The molecule has 132 valence electrons. The number of nitrogens with zero attached hydrogens (tertiary/aromatic N) is 2. The fraction of sp³-hybridized carbons (Fsp3) is 0.250. The second-order valence-electron chi connectivity index (χ2n) is 5.22. The van der Waals surface area contributed by atoms with Crippen molar-refractivity contribution in [2.45, 2.75) is 25.9 Å². The SMILES string of the molecule is O=C(CCn1cccc1)NC(=O)NC(=O)NC(=O)CCn1cccc1. The Labute approximate surface area is 144 Å².